The van der Waals surface area contributed by atoms with Crippen molar-refractivity contribution in [3.05, 3.63) is 65.0 Å². The van der Waals surface area contributed by atoms with Gasteiger partial charge in [0.1, 0.15) is 18.4 Å². The third-order valence-electron chi connectivity index (χ3n) is 3.59. The Bertz CT molecular complexity index is 888. The largest absolute Gasteiger partial charge is 0.324 e. The van der Waals surface area contributed by atoms with Crippen LogP contribution < -0.4 is 5.32 Å². The molecule has 0 unspecified atom stereocenters. The molecule has 7 heteroatoms. The quantitative estimate of drug-likeness (QED) is 0.592. The van der Waals surface area contributed by atoms with Gasteiger partial charge in [0.25, 0.3) is 0 Å². The normalized spacial score (nSPS) is 12.0. The Balaban J connectivity index is 1.77. The molecule has 116 valence electrons. The fourth-order valence-electron chi connectivity index (χ4n) is 2.27. The number of aromatic nitrogens is 2. The van der Waals surface area contributed by atoms with Crippen LogP contribution in [-0.4, -0.2) is 20.6 Å². The zero-order valence-corrected chi connectivity index (χ0v) is 12.3. The van der Waals surface area contributed by atoms with E-state index < -0.39 is 11.0 Å². The van der Waals surface area contributed by atoms with Gasteiger partial charge in [-0.15, -0.1) is 0 Å². The van der Waals surface area contributed by atoms with Gasteiger partial charge in [-0.05, 0) is 29.8 Å². The average molecular weight is 310 g/mol. The molecule has 0 spiro atoms. The highest BCUT2D eigenvalue weighted by molar-refractivity contribution is 5.96. The second kappa shape index (κ2) is 5.88. The smallest absolute Gasteiger partial charge is 0.307 e. The Labute approximate surface area is 131 Å². The van der Waals surface area contributed by atoms with Gasteiger partial charge in [0, 0.05) is 5.69 Å². The average Bonchev–Trinajstić information content (AvgIpc) is 3.04. The van der Waals surface area contributed by atoms with Gasteiger partial charge in [0.15, 0.2) is 0 Å². The molecular weight excluding hydrogens is 296 g/mol. The topological polar surface area (TPSA) is 90.1 Å². The monoisotopic (exact) mass is 310 g/mol. The molecule has 1 amide bonds. The van der Waals surface area contributed by atoms with E-state index in [4.69, 9.17) is 0 Å². The van der Waals surface area contributed by atoms with Crippen molar-refractivity contribution in [2.45, 2.75) is 13.0 Å². The summed E-state index contributed by atoms with van der Waals surface area (Å²) in [6.45, 7) is 1.63. The number of carbonyl (C=O) groups excluding carboxylic acids is 1. The number of nitrogens with zero attached hydrogens (tertiary/aromatic N) is 3. The van der Waals surface area contributed by atoms with Crippen LogP contribution in [0.4, 0.5) is 11.4 Å². The fourth-order valence-corrected chi connectivity index (χ4v) is 2.27. The molecular formula is C16H14N4O3. The zero-order valence-electron chi connectivity index (χ0n) is 12.3. The Morgan fingerprint density at radius 1 is 1.26 bits per heavy atom. The summed E-state index contributed by atoms with van der Waals surface area (Å²) in [5.41, 5.74) is 0.526. The second-order valence-electron chi connectivity index (χ2n) is 5.16. The van der Waals surface area contributed by atoms with Crippen LogP contribution >= 0.6 is 0 Å². The molecule has 0 saturated carbocycles. The Hall–Kier alpha value is -3.22. The number of nitrogens with one attached hydrogen (secondary N) is 1. The minimum absolute atomic E-state index is 0.143. The Kier molecular flexibility index (Phi) is 3.76. The number of carbonyl (C=O) groups is 1. The van der Waals surface area contributed by atoms with Crippen LogP contribution in [0.25, 0.3) is 10.8 Å². The molecule has 1 N–H and O–H groups in total. The van der Waals surface area contributed by atoms with E-state index in [2.05, 4.69) is 10.4 Å². The van der Waals surface area contributed by atoms with E-state index in [0.29, 0.717) is 5.69 Å². The number of hydrogen-bond acceptors (Lipinski definition) is 4. The summed E-state index contributed by atoms with van der Waals surface area (Å²) in [5.74, 6) is -0.293. The molecule has 0 aliphatic heterocycles. The number of anilines is 1. The molecule has 3 aromatic rings. The standard InChI is InChI=1S/C16H14N4O3/c1-11(19-10-15(9-17-19)20(22)23)16(21)18-14-7-6-12-4-2-3-5-13(12)8-14/h2-11H,1H3,(H,18,21)/t11-/m1/s1. The maximum Gasteiger partial charge on any atom is 0.307 e. The highest BCUT2D eigenvalue weighted by Crippen LogP contribution is 2.20. The summed E-state index contributed by atoms with van der Waals surface area (Å²) < 4.78 is 1.27. The van der Waals surface area contributed by atoms with Crippen molar-refractivity contribution in [1.82, 2.24) is 9.78 Å². The van der Waals surface area contributed by atoms with Crippen LogP contribution in [0.2, 0.25) is 0 Å². The highest BCUT2D eigenvalue weighted by atomic mass is 16.6. The lowest BCUT2D eigenvalue weighted by Crippen LogP contribution is -2.23. The van der Waals surface area contributed by atoms with Crippen LogP contribution in [0.15, 0.2) is 54.9 Å². The lowest BCUT2D eigenvalue weighted by atomic mass is 10.1. The first-order valence-electron chi connectivity index (χ1n) is 7.03. The molecule has 2 aromatic carbocycles. The molecule has 1 atom stereocenters. The van der Waals surface area contributed by atoms with Crippen molar-refractivity contribution in [1.29, 1.82) is 0 Å². The van der Waals surface area contributed by atoms with Crippen LogP contribution in [-0.2, 0) is 4.79 Å². The fraction of sp³-hybridized carbons (Fsp3) is 0.125. The molecule has 7 nitrogen and oxygen atoms in total. The van der Waals surface area contributed by atoms with Crippen LogP contribution in [0.5, 0.6) is 0 Å². The Morgan fingerprint density at radius 2 is 2.00 bits per heavy atom. The van der Waals surface area contributed by atoms with Gasteiger partial charge in [-0.1, -0.05) is 30.3 Å². The van der Waals surface area contributed by atoms with E-state index in [1.165, 1.54) is 10.9 Å². The predicted octanol–water partition coefficient (Wildman–Crippen LogP) is 3.14. The first-order valence-corrected chi connectivity index (χ1v) is 7.03. The van der Waals surface area contributed by atoms with Crippen molar-refractivity contribution >= 4 is 28.1 Å². The summed E-state index contributed by atoms with van der Waals surface area (Å²) in [5, 5.41) is 19.4. The number of benzene rings is 2. The van der Waals surface area contributed by atoms with Crippen molar-refractivity contribution in [3.8, 4) is 0 Å². The highest BCUT2D eigenvalue weighted by Gasteiger charge is 2.19. The Morgan fingerprint density at radius 3 is 2.70 bits per heavy atom. The van der Waals surface area contributed by atoms with Crippen molar-refractivity contribution in [2.24, 2.45) is 0 Å². The van der Waals surface area contributed by atoms with Crippen LogP contribution in [0, 0.1) is 10.1 Å². The summed E-state index contributed by atoms with van der Waals surface area (Å²) in [6.07, 6.45) is 2.37. The number of nitro groups is 1. The molecule has 1 aromatic heterocycles. The van der Waals surface area contributed by atoms with E-state index >= 15 is 0 Å². The van der Waals surface area contributed by atoms with Crippen molar-refractivity contribution in [3.63, 3.8) is 0 Å². The third kappa shape index (κ3) is 3.03. The summed E-state index contributed by atoms with van der Waals surface area (Å²) in [4.78, 5) is 22.4. The number of rotatable bonds is 4. The van der Waals surface area contributed by atoms with Gasteiger partial charge in [-0.25, -0.2) is 0 Å². The van der Waals surface area contributed by atoms with Gasteiger partial charge >= 0.3 is 5.69 Å². The maximum absolute atomic E-state index is 12.3. The van der Waals surface area contributed by atoms with E-state index in [1.54, 1.807) is 6.92 Å². The van der Waals surface area contributed by atoms with Crippen LogP contribution in [0.3, 0.4) is 0 Å². The SMILES string of the molecule is C[C@H](C(=O)Nc1ccc2ccccc2c1)n1cc([N+](=O)[O-])cn1. The van der Waals surface area contributed by atoms with Crippen molar-refractivity contribution < 1.29 is 9.72 Å². The molecule has 3 rings (SSSR count). The van der Waals surface area contributed by atoms with Gasteiger partial charge in [0.05, 0.1) is 4.92 Å². The number of hydrogen-bond donors (Lipinski definition) is 1. The molecule has 1 heterocycles. The lowest BCUT2D eigenvalue weighted by Gasteiger charge is -2.12. The summed E-state index contributed by atoms with van der Waals surface area (Å²) in [7, 11) is 0. The zero-order chi connectivity index (χ0) is 16.4. The summed E-state index contributed by atoms with van der Waals surface area (Å²) >= 11 is 0. The molecule has 23 heavy (non-hydrogen) atoms. The minimum Gasteiger partial charge on any atom is -0.324 e. The molecule has 0 aliphatic rings. The molecule has 0 fully saturated rings. The van der Waals surface area contributed by atoms with E-state index in [0.717, 1.165) is 17.0 Å². The van der Waals surface area contributed by atoms with Gasteiger partial charge < -0.3 is 5.32 Å². The maximum atomic E-state index is 12.3. The molecule has 0 radical (unpaired) electrons. The van der Waals surface area contributed by atoms with Crippen LogP contribution in [0.1, 0.15) is 13.0 Å². The van der Waals surface area contributed by atoms with Crippen molar-refractivity contribution in [2.75, 3.05) is 5.32 Å². The molecule has 0 saturated heterocycles. The second-order valence-corrected chi connectivity index (χ2v) is 5.16. The van der Waals surface area contributed by atoms with E-state index in [9.17, 15) is 14.9 Å². The number of fused-ring (bicyclic) bond motifs is 1. The molecule has 0 bridgehead atoms. The third-order valence-corrected chi connectivity index (χ3v) is 3.59. The van der Waals surface area contributed by atoms with E-state index in [1.807, 2.05) is 42.5 Å². The predicted molar refractivity (Wildman–Crippen MR) is 86.2 cm³/mol. The first kappa shape index (κ1) is 14.7. The first-order chi connectivity index (χ1) is 11.0. The summed E-state index contributed by atoms with van der Waals surface area (Å²) in [6, 6.07) is 12.8. The van der Waals surface area contributed by atoms with Gasteiger partial charge in [-0.3, -0.25) is 19.6 Å². The lowest BCUT2D eigenvalue weighted by molar-refractivity contribution is -0.385. The molecule has 0 aliphatic carbocycles. The van der Waals surface area contributed by atoms with E-state index in [-0.39, 0.29) is 11.6 Å². The van der Waals surface area contributed by atoms with Gasteiger partial charge in [0.2, 0.25) is 5.91 Å². The van der Waals surface area contributed by atoms with Gasteiger partial charge in [-0.2, -0.15) is 5.10 Å². The number of amides is 1. The minimum atomic E-state index is -0.657.